The second kappa shape index (κ2) is 5.39. The van der Waals surface area contributed by atoms with Gasteiger partial charge >= 0.3 is 5.97 Å². The zero-order valence-electron chi connectivity index (χ0n) is 10.7. The van der Waals surface area contributed by atoms with Crippen molar-refractivity contribution in [3.05, 3.63) is 47.7 Å². The standard InChI is InChI=1S/C14H14N2O3/c1-9-5-6-12(19-2)11(8-9)16-13-10(14(17)18)4-3-7-15-13/h3-8H,1-2H3,(H,15,16)(H,17,18). The molecule has 0 spiro atoms. The first-order valence-corrected chi connectivity index (χ1v) is 5.72. The van der Waals surface area contributed by atoms with Crippen LogP contribution in [0.3, 0.4) is 0 Å². The van der Waals surface area contributed by atoms with Gasteiger partial charge in [-0.2, -0.15) is 0 Å². The average Bonchev–Trinajstić information content (AvgIpc) is 2.39. The second-order valence-corrected chi connectivity index (χ2v) is 4.03. The summed E-state index contributed by atoms with van der Waals surface area (Å²) in [4.78, 5) is 15.2. The van der Waals surface area contributed by atoms with Gasteiger partial charge in [-0.3, -0.25) is 0 Å². The highest BCUT2D eigenvalue weighted by Gasteiger charge is 2.12. The Morgan fingerprint density at radius 2 is 2.16 bits per heavy atom. The molecule has 1 heterocycles. The first kappa shape index (κ1) is 12.9. The number of aryl methyl sites for hydroxylation is 1. The number of ether oxygens (including phenoxy) is 1. The number of methoxy groups -OCH3 is 1. The summed E-state index contributed by atoms with van der Waals surface area (Å²) in [6.07, 6.45) is 1.54. The summed E-state index contributed by atoms with van der Waals surface area (Å²) >= 11 is 0. The first-order chi connectivity index (χ1) is 9.11. The molecule has 0 atom stereocenters. The summed E-state index contributed by atoms with van der Waals surface area (Å²) in [5.74, 6) is -0.103. The van der Waals surface area contributed by atoms with Crippen LogP contribution in [0.5, 0.6) is 5.75 Å². The van der Waals surface area contributed by atoms with Gasteiger partial charge in [-0.15, -0.1) is 0 Å². The van der Waals surface area contributed by atoms with Crippen LogP contribution >= 0.6 is 0 Å². The van der Waals surface area contributed by atoms with Gasteiger partial charge in [0.15, 0.2) is 0 Å². The van der Waals surface area contributed by atoms with Gasteiger partial charge in [0.1, 0.15) is 17.1 Å². The number of rotatable bonds is 4. The summed E-state index contributed by atoms with van der Waals surface area (Å²) < 4.78 is 5.24. The van der Waals surface area contributed by atoms with E-state index in [1.54, 1.807) is 13.2 Å². The van der Waals surface area contributed by atoms with E-state index in [0.717, 1.165) is 5.56 Å². The number of aromatic carboxylic acids is 1. The van der Waals surface area contributed by atoms with Gasteiger partial charge < -0.3 is 15.2 Å². The van der Waals surface area contributed by atoms with Gasteiger partial charge in [-0.25, -0.2) is 9.78 Å². The molecule has 1 aromatic heterocycles. The Hall–Kier alpha value is -2.56. The van der Waals surface area contributed by atoms with E-state index < -0.39 is 5.97 Å². The summed E-state index contributed by atoms with van der Waals surface area (Å²) in [6.45, 7) is 1.95. The predicted octanol–water partition coefficient (Wildman–Crippen LogP) is 2.84. The number of hydrogen-bond donors (Lipinski definition) is 2. The molecule has 1 aromatic carbocycles. The molecule has 2 N–H and O–H groups in total. The van der Waals surface area contributed by atoms with Crippen molar-refractivity contribution in [2.75, 3.05) is 12.4 Å². The fourth-order valence-corrected chi connectivity index (χ4v) is 1.72. The van der Waals surface area contributed by atoms with Crippen molar-refractivity contribution < 1.29 is 14.6 Å². The summed E-state index contributed by atoms with van der Waals surface area (Å²) in [5.41, 5.74) is 1.84. The summed E-state index contributed by atoms with van der Waals surface area (Å²) in [5, 5.41) is 12.1. The van der Waals surface area contributed by atoms with E-state index in [2.05, 4.69) is 10.3 Å². The second-order valence-electron chi connectivity index (χ2n) is 4.03. The van der Waals surface area contributed by atoms with E-state index in [0.29, 0.717) is 17.3 Å². The van der Waals surface area contributed by atoms with E-state index in [1.165, 1.54) is 12.3 Å². The number of hydrogen-bond acceptors (Lipinski definition) is 4. The fraction of sp³-hybridized carbons (Fsp3) is 0.143. The van der Waals surface area contributed by atoms with Crippen LogP contribution in [0.2, 0.25) is 0 Å². The Morgan fingerprint density at radius 3 is 2.84 bits per heavy atom. The van der Waals surface area contributed by atoms with E-state index >= 15 is 0 Å². The van der Waals surface area contributed by atoms with Crippen molar-refractivity contribution in [1.29, 1.82) is 0 Å². The van der Waals surface area contributed by atoms with Gasteiger partial charge in [0.05, 0.1) is 12.8 Å². The molecule has 5 nitrogen and oxygen atoms in total. The highest BCUT2D eigenvalue weighted by molar-refractivity contribution is 5.94. The van der Waals surface area contributed by atoms with Crippen LogP contribution in [-0.2, 0) is 0 Å². The van der Waals surface area contributed by atoms with Gasteiger partial charge in [0, 0.05) is 6.20 Å². The number of aromatic nitrogens is 1. The first-order valence-electron chi connectivity index (χ1n) is 5.72. The predicted molar refractivity (Wildman–Crippen MR) is 72.2 cm³/mol. The molecule has 2 rings (SSSR count). The number of carbonyl (C=O) groups is 1. The van der Waals surface area contributed by atoms with Crippen LogP contribution in [0.15, 0.2) is 36.5 Å². The molecule has 98 valence electrons. The highest BCUT2D eigenvalue weighted by atomic mass is 16.5. The van der Waals surface area contributed by atoms with E-state index in [-0.39, 0.29) is 5.56 Å². The zero-order chi connectivity index (χ0) is 13.8. The van der Waals surface area contributed by atoms with Gasteiger partial charge in [0.25, 0.3) is 0 Å². The number of carboxylic acid groups (broad SMARTS) is 1. The maximum absolute atomic E-state index is 11.1. The molecule has 0 amide bonds. The third-order valence-electron chi connectivity index (χ3n) is 2.65. The van der Waals surface area contributed by atoms with Crippen molar-refractivity contribution in [2.45, 2.75) is 6.92 Å². The van der Waals surface area contributed by atoms with Crippen LogP contribution in [-0.4, -0.2) is 23.2 Å². The van der Waals surface area contributed by atoms with Crippen molar-refractivity contribution in [3.63, 3.8) is 0 Å². The lowest BCUT2D eigenvalue weighted by atomic mass is 10.2. The molecule has 0 saturated carbocycles. The third kappa shape index (κ3) is 2.82. The molecule has 0 aliphatic heterocycles. The number of nitrogens with one attached hydrogen (secondary N) is 1. The van der Waals surface area contributed by atoms with Crippen LogP contribution in [0.4, 0.5) is 11.5 Å². The zero-order valence-corrected chi connectivity index (χ0v) is 10.7. The fourth-order valence-electron chi connectivity index (χ4n) is 1.72. The molecular weight excluding hydrogens is 244 g/mol. The maximum atomic E-state index is 11.1. The molecule has 5 heteroatoms. The van der Waals surface area contributed by atoms with Gasteiger partial charge in [-0.05, 0) is 36.8 Å². The Morgan fingerprint density at radius 1 is 1.37 bits per heavy atom. The van der Waals surface area contributed by atoms with Crippen molar-refractivity contribution >= 4 is 17.5 Å². The number of pyridine rings is 1. The SMILES string of the molecule is COc1ccc(C)cc1Nc1ncccc1C(=O)O. The Kier molecular flexibility index (Phi) is 3.66. The lowest BCUT2D eigenvalue weighted by molar-refractivity contribution is 0.0697. The molecule has 0 aliphatic carbocycles. The average molecular weight is 258 g/mol. The minimum Gasteiger partial charge on any atom is -0.495 e. The number of nitrogens with zero attached hydrogens (tertiary/aromatic N) is 1. The smallest absolute Gasteiger partial charge is 0.339 e. The molecular formula is C14H14N2O3. The molecule has 0 bridgehead atoms. The monoisotopic (exact) mass is 258 g/mol. The molecule has 0 unspecified atom stereocenters. The van der Waals surface area contributed by atoms with Crippen LogP contribution in [0.1, 0.15) is 15.9 Å². The Labute approximate surface area is 110 Å². The number of anilines is 2. The quantitative estimate of drug-likeness (QED) is 0.882. The third-order valence-corrected chi connectivity index (χ3v) is 2.65. The maximum Gasteiger partial charge on any atom is 0.339 e. The molecule has 0 radical (unpaired) electrons. The van der Waals surface area contributed by atoms with Crippen LogP contribution in [0.25, 0.3) is 0 Å². The molecule has 0 aliphatic rings. The van der Waals surface area contributed by atoms with E-state index in [4.69, 9.17) is 9.84 Å². The molecule has 0 fully saturated rings. The number of benzene rings is 1. The topological polar surface area (TPSA) is 71.5 Å². The summed E-state index contributed by atoms with van der Waals surface area (Å²) in [6, 6.07) is 8.70. The highest BCUT2D eigenvalue weighted by Crippen LogP contribution is 2.28. The van der Waals surface area contributed by atoms with Crippen molar-refractivity contribution in [3.8, 4) is 5.75 Å². The molecule has 2 aromatic rings. The van der Waals surface area contributed by atoms with Crippen LogP contribution < -0.4 is 10.1 Å². The Balaban J connectivity index is 2.41. The molecule has 0 saturated heterocycles. The van der Waals surface area contributed by atoms with E-state index in [1.807, 2.05) is 25.1 Å². The van der Waals surface area contributed by atoms with Gasteiger partial charge in [0.2, 0.25) is 0 Å². The minimum absolute atomic E-state index is 0.117. The molecule has 19 heavy (non-hydrogen) atoms. The normalized spacial score (nSPS) is 10.0. The van der Waals surface area contributed by atoms with E-state index in [9.17, 15) is 4.79 Å². The lowest BCUT2D eigenvalue weighted by Crippen LogP contribution is -2.05. The van der Waals surface area contributed by atoms with Crippen molar-refractivity contribution in [2.24, 2.45) is 0 Å². The Bertz CT molecular complexity index is 611. The lowest BCUT2D eigenvalue weighted by Gasteiger charge is -2.12. The summed E-state index contributed by atoms with van der Waals surface area (Å²) in [7, 11) is 1.56. The van der Waals surface area contributed by atoms with Crippen LogP contribution in [0, 0.1) is 6.92 Å². The number of carboxylic acids is 1. The van der Waals surface area contributed by atoms with Gasteiger partial charge in [-0.1, -0.05) is 6.07 Å². The van der Waals surface area contributed by atoms with Crippen molar-refractivity contribution in [1.82, 2.24) is 4.98 Å². The minimum atomic E-state index is -1.03. The largest absolute Gasteiger partial charge is 0.495 e.